The molecule has 0 amide bonds. The fourth-order valence-corrected chi connectivity index (χ4v) is 6.36. The molecular formula is C29H24Br2ClN3O4. The van der Waals surface area contributed by atoms with E-state index in [0.717, 1.165) is 47.0 Å². The Kier molecular flexibility index (Phi) is 7.64. The van der Waals surface area contributed by atoms with E-state index < -0.39 is 0 Å². The molecule has 1 aliphatic heterocycles. The highest BCUT2D eigenvalue weighted by molar-refractivity contribution is 9.10. The number of fused-ring (bicyclic) bond motifs is 2. The fraction of sp³-hybridized carbons (Fsp3) is 0.276. The highest BCUT2D eigenvalue weighted by Gasteiger charge is 2.23. The van der Waals surface area contributed by atoms with Gasteiger partial charge in [0.15, 0.2) is 17.2 Å². The van der Waals surface area contributed by atoms with Crippen molar-refractivity contribution in [1.29, 1.82) is 0 Å². The molecule has 10 heteroatoms. The fourth-order valence-electron chi connectivity index (χ4n) is 5.01. The van der Waals surface area contributed by atoms with Crippen LogP contribution in [0.5, 0.6) is 17.2 Å². The summed E-state index contributed by atoms with van der Waals surface area (Å²) in [5.74, 6) is 2.84. The van der Waals surface area contributed by atoms with Gasteiger partial charge in [-0.3, -0.25) is 4.79 Å². The molecule has 1 saturated carbocycles. The predicted octanol–water partition coefficient (Wildman–Crippen LogP) is 7.81. The van der Waals surface area contributed by atoms with Crippen LogP contribution in [0.2, 0.25) is 5.02 Å². The average molecular weight is 674 g/mol. The van der Waals surface area contributed by atoms with Gasteiger partial charge in [-0.25, -0.2) is 4.98 Å². The Morgan fingerprint density at radius 3 is 2.69 bits per heavy atom. The molecule has 0 atom stereocenters. The van der Waals surface area contributed by atoms with Crippen LogP contribution in [-0.4, -0.2) is 22.7 Å². The molecular weight excluding hydrogens is 650 g/mol. The number of nitrogens with zero attached hydrogens (tertiary/aromatic N) is 3. The number of hydrogen-bond acceptors (Lipinski definition) is 6. The van der Waals surface area contributed by atoms with Crippen molar-refractivity contribution < 1.29 is 14.2 Å². The van der Waals surface area contributed by atoms with E-state index in [-0.39, 0.29) is 18.3 Å². The molecule has 3 aromatic carbocycles. The third kappa shape index (κ3) is 5.58. The van der Waals surface area contributed by atoms with Crippen molar-refractivity contribution in [3.8, 4) is 17.2 Å². The van der Waals surface area contributed by atoms with Crippen LogP contribution in [-0.2, 0) is 6.61 Å². The van der Waals surface area contributed by atoms with Crippen LogP contribution in [0.1, 0.15) is 55.0 Å². The van der Waals surface area contributed by atoms with E-state index in [4.69, 9.17) is 30.8 Å². The topological polar surface area (TPSA) is 74.9 Å². The summed E-state index contributed by atoms with van der Waals surface area (Å²) in [6.07, 6.45) is 7.09. The molecule has 39 heavy (non-hydrogen) atoms. The van der Waals surface area contributed by atoms with Crippen LogP contribution >= 0.6 is 43.5 Å². The molecule has 1 fully saturated rings. The lowest BCUT2D eigenvalue weighted by molar-refractivity contribution is 0.174. The summed E-state index contributed by atoms with van der Waals surface area (Å²) in [5, 5.41) is 5.57. The minimum absolute atomic E-state index is 0.188. The van der Waals surface area contributed by atoms with Crippen LogP contribution < -0.4 is 19.8 Å². The quantitative estimate of drug-likeness (QED) is 0.195. The van der Waals surface area contributed by atoms with Gasteiger partial charge in [0.1, 0.15) is 12.4 Å². The molecule has 1 aliphatic carbocycles. The standard InChI is InChI=1S/C29H24Br2ClN3O4/c30-20-7-8-24-21(13-20)29(36)35(28(34-24)19-4-2-1-3-5-19)33-14-18-10-22(31)27(23(32)11-18)37-15-17-6-9-25-26(12-17)39-16-38-25/h6-14,19H,1-5,15-16H2. The van der Waals surface area contributed by atoms with Crippen molar-refractivity contribution in [3.63, 3.8) is 0 Å². The number of rotatable bonds is 6. The molecule has 0 unspecified atom stereocenters. The summed E-state index contributed by atoms with van der Waals surface area (Å²) in [7, 11) is 0. The summed E-state index contributed by atoms with van der Waals surface area (Å²) < 4.78 is 19.8. The molecule has 0 N–H and O–H groups in total. The van der Waals surface area contributed by atoms with E-state index in [1.54, 1.807) is 18.3 Å². The molecule has 1 aromatic heterocycles. The van der Waals surface area contributed by atoms with Crippen molar-refractivity contribution in [2.75, 3.05) is 6.79 Å². The predicted molar refractivity (Wildman–Crippen MR) is 159 cm³/mol. The third-order valence-corrected chi connectivity index (χ3v) is 8.33. The molecule has 0 bridgehead atoms. The maximum atomic E-state index is 13.6. The average Bonchev–Trinajstić information content (AvgIpc) is 3.41. The second-order valence-corrected chi connectivity index (χ2v) is 11.8. The highest BCUT2D eigenvalue weighted by atomic mass is 79.9. The first-order chi connectivity index (χ1) is 19.0. The van der Waals surface area contributed by atoms with Gasteiger partial charge in [-0.05, 0) is 82.4 Å². The largest absolute Gasteiger partial charge is 0.486 e. The van der Waals surface area contributed by atoms with Gasteiger partial charge in [0, 0.05) is 10.4 Å². The highest BCUT2D eigenvalue weighted by Crippen LogP contribution is 2.37. The van der Waals surface area contributed by atoms with Gasteiger partial charge < -0.3 is 14.2 Å². The second kappa shape index (κ2) is 11.3. The summed E-state index contributed by atoms with van der Waals surface area (Å²) >= 11 is 13.7. The maximum Gasteiger partial charge on any atom is 0.282 e. The zero-order chi connectivity index (χ0) is 26.9. The Morgan fingerprint density at radius 2 is 1.87 bits per heavy atom. The molecule has 7 nitrogen and oxygen atoms in total. The van der Waals surface area contributed by atoms with Gasteiger partial charge in [0.05, 0.1) is 26.6 Å². The van der Waals surface area contributed by atoms with Crippen LogP contribution in [0.4, 0.5) is 0 Å². The lowest BCUT2D eigenvalue weighted by Crippen LogP contribution is -2.25. The van der Waals surface area contributed by atoms with E-state index in [2.05, 4.69) is 37.0 Å². The maximum absolute atomic E-state index is 13.6. The number of hydrogen-bond donors (Lipinski definition) is 0. The zero-order valence-corrected chi connectivity index (χ0v) is 24.8. The number of aromatic nitrogens is 2. The Labute approximate surface area is 247 Å². The number of halogens is 3. The third-order valence-electron chi connectivity index (χ3n) is 6.97. The second-order valence-electron chi connectivity index (χ2n) is 9.62. The zero-order valence-electron chi connectivity index (χ0n) is 20.8. The van der Waals surface area contributed by atoms with E-state index in [0.29, 0.717) is 44.3 Å². The van der Waals surface area contributed by atoms with E-state index in [9.17, 15) is 4.79 Å². The van der Waals surface area contributed by atoms with Crippen LogP contribution in [0.25, 0.3) is 10.9 Å². The van der Waals surface area contributed by atoms with Crippen molar-refractivity contribution in [2.45, 2.75) is 44.6 Å². The van der Waals surface area contributed by atoms with Gasteiger partial charge in [-0.15, -0.1) is 0 Å². The summed E-state index contributed by atoms with van der Waals surface area (Å²) in [6, 6.07) is 14.9. The first-order valence-corrected chi connectivity index (χ1v) is 14.7. The molecule has 4 aromatic rings. The van der Waals surface area contributed by atoms with E-state index in [1.807, 2.05) is 36.4 Å². The van der Waals surface area contributed by atoms with E-state index in [1.165, 1.54) is 11.1 Å². The van der Waals surface area contributed by atoms with Gasteiger partial charge in [0.25, 0.3) is 5.56 Å². The smallest absolute Gasteiger partial charge is 0.282 e. The van der Waals surface area contributed by atoms with E-state index >= 15 is 0 Å². The Hall–Kier alpha value is -2.88. The van der Waals surface area contributed by atoms with Crippen molar-refractivity contribution in [3.05, 3.63) is 89.8 Å². The first kappa shape index (κ1) is 26.3. The summed E-state index contributed by atoms with van der Waals surface area (Å²) in [6.45, 7) is 0.530. The van der Waals surface area contributed by atoms with Crippen LogP contribution in [0, 0.1) is 0 Å². The summed E-state index contributed by atoms with van der Waals surface area (Å²) in [5.41, 5.74) is 2.15. The molecule has 200 valence electrons. The number of ether oxygens (including phenoxy) is 3. The van der Waals surface area contributed by atoms with Gasteiger partial charge in [0.2, 0.25) is 6.79 Å². The molecule has 0 radical (unpaired) electrons. The Morgan fingerprint density at radius 1 is 1.05 bits per heavy atom. The van der Waals surface area contributed by atoms with Crippen LogP contribution in [0.15, 0.2) is 67.4 Å². The molecule has 6 rings (SSSR count). The Balaban J connectivity index is 1.29. The van der Waals surface area contributed by atoms with Crippen LogP contribution in [0.3, 0.4) is 0 Å². The van der Waals surface area contributed by atoms with Crippen molar-refractivity contribution in [1.82, 2.24) is 9.66 Å². The molecule has 0 spiro atoms. The lowest BCUT2D eigenvalue weighted by atomic mass is 9.88. The minimum atomic E-state index is -0.188. The van der Waals surface area contributed by atoms with Gasteiger partial charge >= 0.3 is 0 Å². The molecule has 2 aliphatic rings. The minimum Gasteiger partial charge on any atom is -0.486 e. The van der Waals surface area contributed by atoms with Gasteiger partial charge in [-0.2, -0.15) is 9.78 Å². The monoisotopic (exact) mass is 671 g/mol. The molecule has 2 heterocycles. The normalized spacial score (nSPS) is 15.4. The Bertz CT molecular complexity index is 1630. The van der Waals surface area contributed by atoms with Gasteiger partial charge in [-0.1, -0.05) is 52.9 Å². The lowest BCUT2D eigenvalue weighted by Gasteiger charge is -2.22. The van der Waals surface area contributed by atoms with Crippen molar-refractivity contribution in [2.24, 2.45) is 5.10 Å². The first-order valence-electron chi connectivity index (χ1n) is 12.7. The number of benzene rings is 3. The van der Waals surface area contributed by atoms with Crippen molar-refractivity contribution >= 4 is 60.6 Å². The SMILES string of the molecule is O=c1c2cc(Br)ccc2nc(C2CCCCC2)n1N=Cc1cc(Cl)c(OCc2ccc3c(c2)OCO3)c(Br)c1. The summed E-state index contributed by atoms with van der Waals surface area (Å²) in [4.78, 5) is 18.5. The molecule has 0 saturated heterocycles.